The summed E-state index contributed by atoms with van der Waals surface area (Å²) in [6.45, 7) is 18.9. The van der Waals surface area contributed by atoms with Gasteiger partial charge >= 0.3 is 0 Å². The normalized spacial score (nSPS) is 15.9. The van der Waals surface area contributed by atoms with Gasteiger partial charge in [-0.05, 0) is 97.9 Å². The Bertz CT molecular complexity index is 2210. The van der Waals surface area contributed by atoms with Gasteiger partial charge in [-0.2, -0.15) is 0 Å². The van der Waals surface area contributed by atoms with Crippen molar-refractivity contribution in [2.45, 2.75) is 69.2 Å². The van der Waals surface area contributed by atoms with Crippen LogP contribution in [0, 0.1) is 53.4 Å². The molecule has 0 unspecified atom stereocenters. The van der Waals surface area contributed by atoms with Gasteiger partial charge in [0, 0.05) is 57.2 Å². The number of benzene rings is 4. The lowest BCUT2D eigenvalue weighted by Gasteiger charge is -2.29. The van der Waals surface area contributed by atoms with E-state index in [1.165, 1.54) is 12.4 Å². The first-order valence-electron chi connectivity index (χ1n) is 18.2. The molecule has 278 valence electrons. The van der Waals surface area contributed by atoms with Crippen molar-refractivity contribution in [2.24, 2.45) is 11.8 Å². The summed E-state index contributed by atoms with van der Waals surface area (Å²) in [5.41, 5.74) is 9.52. The summed E-state index contributed by atoms with van der Waals surface area (Å²) in [6, 6.07) is 15.3. The van der Waals surface area contributed by atoms with Crippen LogP contribution in [0.15, 0.2) is 72.4 Å². The second-order valence-electron chi connectivity index (χ2n) is 15.1. The predicted octanol–water partition coefficient (Wildman–Crippen LogP) is 10.5. The lowest BCUT2D eigenvalue weighted by molar-refractivity contribution is -0.113. The summed E-state index contributed by atoms with van der Waals surface area (Å²) in [4.78, 5) is 28.0. The van der Waals surface area contributed by atoms with Crippen molar-refractivity contribution in [2.75, 3.05) is 10.6 Å². The number of anilines is 2. The number of phenols is 2. The van der Waals surface area contributed by atoms with Gasteiger partial charge in [0.05, 0.1) is 11.1 Å². The SMILES string of the molecule is Cc1cccc(C)c1NC=C1C(=O)C(O)=C(C(C)C)c2cc(C)c(-c3c(C)cc4c(c3O)C(=CNc3c(C)cccc3C)C(=O)C(O)=C4C(C)C)c(O)c21. The van der Waals surface area contributed by atoms with Crippen molar-refractivity contribution in [3.63, 3.8) is 0 Å². The highest BCUT2D eigenvalue weighted by Crippen LogP contribution is 2.53. The molecule has 0 spiro atoms. The summed E-state index contributed by atoms with van der Waals surface area (Å²) in [7, 11) is 0. The van der Waals surface area contributed by atoms with Gasteiger partial charge in [0.25, 0.3) is 0 Å². The van der Waals surface area contributed by atoms with E-state index in [2.05, 4.69) is 10.6 Å². The van der Waals surface area contributed by atoms with Crippen molar-refractivity contribution >= 4 is 45.2 Å². The minimum Gasteiger partial charge on any atom is -0.507 e. The highest BCUT2D eigenvalue weighted by Gasteiger charge is 2.38. The Morgan fingerprint density at radius 2 is 0.815 bits per heavy atom. The summed E-state index contributed by atoms with van der Waals surface area (Å²) in [5.74, 6) is -3.08. The van der Waals surface area contributed by atoms with Crippen LogP contribution in [0.25, 0.3) is 33.4 Å². The minimum absolute atomic E-state index is 0.0620. The molecule has 6 N–H and O–H groups in total. The third-order valence-corrected chi connectivity index (χ3v) is 10.6. The summed E-state index contributed by atoms with van der Waals surface area (Å²) in [6.07, 6.45) is 3.03. The van der Waals surface area contributed by atoms with Crippen molar-refractivity contribution in [1.29, 1.82) is 0 Å². The maximum Gasteiger partial charge on any atom is 0.229 e. The minimum atomic E-state index is -0.642. The van der Waals surface area contributed by atoms with Gasteiger partial charge in [0.2, 0.25) is 11.6 Å². The van der Waals surface area contributed by atoms with E-state index in [4.69, 9.17) is 0 Å². The molecule has 4 aromatic rings. The number of fused-ring (bicyclic) bond motifs is 2. The molecule has 2 aliphatic rings. The number of carbonyl (C=O) groups excluding carboxylic acids is 2. The molecule has 8 heteroatoms. The van der Waals surface area contributed by atoms with Crippen LogP contribution < -0.4 is 10.6 Å². The van der Waals surface area contributed by atoms with Crippen molar-refractivity contribution < 1.29 is 30.0 Å². The van der Waals surface area contributed by atoms with Gasteiger partial charge in [-0.15, -0.1) is 0 Å². The molecular weight excluding hydrogens is 677 g/mol. The quantitative estimate of drug-likeness (QED) is 0.104. The van der Waals surface area contributed by atoms with Crippen molar-refractivity contribution in [3.05, 3.63) is 128 Å². The number of aromatic hydroxyl groups is 2. The molecule has 0 heterocycles. The number of nitrogens with one attached hydrogen (secondary N) is 2. The van der Waals surface area contributed by atoms with Crippen LogP contribution in [0.3, 0.4) is 0 Å². The summed E-state index contributed by atoms with van der Waals surface area (Å²) >= 11 is 0. The molecular formula is C46H48N2O6. The standard InChI is InChI=1S/C46H48N2O6/c1-21(2)33-29-17-27(9)35(43(51)37(29)31(41(49)45(33)53)19-47-39-23(5)13-11-14-24(39)6)36-28(10)18-30-34(22(3)4)46(54)42(50)32(38(30)44(36)52)20-48-40-25(7)15-12-16-26(40)8/h11-22,47-48,51-54H,1-10H3. The highest BCUT2D eigenvalue weighted by atomic mass is 16.3. The summed E-state index contributed by atoms with van der Waals surface area (Å²) < 4.78 is 0. The van der Waals surface area contributed by atoms with Gasteiger partial charge in [0.15, 0.2) is 11.5 Å². The Labute approximate surface area is 316 Å². The fourth-order valence-electron chi connectivity index (χ4n) is 8.00. The third kappa shape index (κ3) is 6.05. The molecule has 0 saturated carbocycles. The van der Waals surface area contributed by atoms with Crippen molar-refractivity contribution in [3.8, 4) is 22.6 Å². The molecule has 0 saturated heterocycles. The number of aryl methyl sites for hydroxylation is 6. The number of carbonyl (C=O) groups is 2. The Balaban J connectivity index is 1.65. The van der Waals surface area contributed by atoms with E-state index >= 15 is 0 Å². The number of ketones is 2. The molecule has 0 amide bonds. The fraction of sp³-hybridized carbons (Fsp3) is 0.261. The van der Waals surface area contributed by atoms with Crippen LogP contribution in [0.1, 0.15) is 83.3 Å². The molecule has 6 rings (SSSR count). The van der Waals surface area contributed by atoms with Gasteiger partial charge in [-0.25, -0.2) is 0 Å². The number of allylic oxidation sites excluding steroid dienone is 4. The largest absolute Gasteiger partial charge is 0.507 e. The number of para-hydroxylation sites is 2. The second-order valence-corrected chi connectivity index (χ2v) is 15.1. The number of rotatable bonds is 7. The Hall–Kier alpha value is -6.02. The number of hydrogen-bond acceptors (Lipinski definition) is 8. The predicted molar refractivity (Wildman–Crippen MR) is 219 cm³/mol. The molecule has 4 aromatic carbocycles. The maximum atomic E-state index is 14.0. The van der Waals surface area contributed by atoms with E-state index in [9.17, 15) is 30.0 Å². The topological polar surface area (TPSA) is 139 Å². The van der Waals surface area contributed by atoms with Gasteiger partial charge in [-0.1, -0.05) is 76.2 Å². The van der Waals surface area contributed by atoms with Crippen LogP contribution in [-0.4, -0.2) is 32.0 Å². The first-order valence-corrected chi connectivity index (χ1v) is 18.2. The average molecular weight is 725 g/mol. The van der Waals surface area contributed by atoms with Gasteiger partial charge in [-0.3, -0.25) is 9.59 Å². The first kappa shape index (κ1) is 37.7. The monoisotopic (exact) mass is 724 g/mol. The first-order chi connectivity index (χ1) is 25.5. The maximum absolute atomic E-state index is 14.0. The molecule has 0 fully saturated rings. The van der Waals surface area contributed by atoms with Gasteiger partial charge in [0.1, 0.15) is 11.5 Å². The second kappa shape index (κ2) is 14.1. The number of aliphatic hydroxyl groups excluding tert-OH is 2. The lowest BCUT2D eigenvalue weighted by atomic mass is 9.75. The Kier molecular flexibility index (Phi) is 9.84. The van der Waals surface area contributed by atoms with E-state index in [0.717, 1.165) is 33.6 Å². The van der Waals surface area contributed by atoms with Crippen molar-refractivity contribution in [1.82, 2.24) is 0 Å². The molecule has 0 bridgehead atoms. The number of aliphatic hydroxyl groups is 2. The molecule has 2 aliphatic carbocycles. The van der Waals surface area contributed by atoms with E-state index in [-0.39, 0.29) is 68.3 Å². The molecule has 0 atom stereocenters. The molecule has 0 radical (unpaired) electrons. The zero-order chi connectivity index (χ0) is 39.5. The molecule has 0 aromatic heterocycles. The van der Waals surface area contributed by atoms with Crippen LogP contribution in [0.5, 0.6) is 11.5 Å². The number of hydrogen-bond donors (Lipinski definition) is 6. The third-order valence-electron chi connectivity index (χ3n) is 10.6. The zero-order valence-electron chi connectivity index (χ0n) is 32.5. The number of Topliss-reactive ketones (excluding diaryl/α,β-unsaturated/α-hetero) is 2. The van der Waals surface area contributed by atoms with Crippen LogP contribution >= 0.6 is 0 Å². The Morgan fingerprint density at radius 3 is 1.11 bits per heavy atom. The smallest absolute Gasteiger partial charge is 0.229 e. The van der Waals surface area contributed by atoms with Gasteiger partial charge < -0.3 is 31.1 Å². The van der Waals surface area contributed by atoms with Crippen LogP contribution in [-0.2, 0) is 9.59 Å². The molecule has 54 heavy (non-hydrogen) atoms. The van der Waals surface area contributed by atoms with E-state index < -0.39 is 11.6 Å². The van der Waals surface area contributed by atoms with Crippen LogP contribution in [0.2, 0.25) is 0 Å². The van der Waals surface area contributed by atoms with E-state index in [1.807, 2.05) is 104 Å². The van der Waals surface area contributed by atoms with E-state index in [1.54, 1.807) is 13.8 Å². The van der Waals surface area contributed by atoms with Crippen LogP contribution in [0.4, 0.5) is 11.4 Å². The average Bonchev–Trinajstić information content (AvgIpc) is 3.08. The Morgan fingerprint density at radius 1 is 0.500 bits per heavy atom. The van der Waals surface area contributed by atoms with E-state index in [0.29, 0.717) is 33.4 Å². The molecule has 8 nitrogen and oxygen atoms in total. The zero-order valence-corrected chi connectivity index (χ0v) is 32.5. The summed E-state index contributed by atoms with van der Waals surface area (Å²) in [5, 5.41) is 54.0. The number of phenolic OH excluding ortho intramolecular Hbond substituents is 2. The fourth-order valence-corrected chi connectivity index (χ4v) is 8.00. The lowest BCUT2D eigenvalue weighted by Crippen LogP contribution is -2.20. The highest BCUT2D eigenvalue weighted by molar-refractivity contribution is 6.35. The molecule has 0 aliphatic heterocycles.